The van der Waals surface area contributed by atoms with Gasteiger partial charge in [0, 0.05) is 6.04 Å². The lowest BCUT2D eigenvalue weighted by Crippen LogP contribution is -2.48. The van der Waals surface area contributed by atoms with E-state index in [9.17, 15) is 8.42 Å². The minimum absolute atomic E-state index is 0. The monoisotopic (exact) mass is 329 g/mol. The van der Waals surface area contributed by atoms with Crippen LogP contribution in [0.15, 0.2) is 23.1 Å². The highest BCUT2D eigenvalue weighted by atomic mass is 35.5. The number of halogens is 1. The van der Waals surface area contributed by atoms with Gasteiger partial charge in [-0.3, -0.25) is 0 Å². The van der Waals surface area contributed by atoms with E-state index in [1.165, 1.54) is 6.07 Å². The van der Waals surface area contributed by atoms with E-state index in [4.69, 9.17) is 5.26 Å². The minimum Gasteiger partial charge on any atom is -0.316 e. The molecule has 2 rings (SSSR count). The molecule has 1 aromatic carbocycles. The van der Waals surface area contributed by atoms with E-state index in [1.807, 2.05) is 13.0 Å². The normalized spacial score (nSPS) is 22.1. The number of aryl methyl sites for hydroxylation is 1. The third-order valence-corrected chi connectivity index (χ3v) is 5.33. The van der Waals surface area contributed by atoms with Crippen molar-refractivity contribution < 1.29 is 8.42 Å². The third-order valence-electron chi connectivity index (χ3n) is 3.70. The van der Waals surface area contributed by atoms with Crippen LogP contribution in [0.3, 0.4) is 0 Å². The van der Waals surface area contributed by atoms with E-state index < -0.39 is 10.0 Å². The van der Waals surface area contributed by atoms with Gasteiger partial charge in [-0.05, 0) is 50.0 Å². The third kappa shape index (κ3) is 4.17. The Bertz CT molecular complexity index is 640. The lowest BCUT2D eigenvalue weighted by Gasteiger charge is -2.30. The summed E-state index contributed by atoms with van der Waals surface area (Å²) in [5.41, 5.74) is 1.01. The molecule has 21 heavy (non-hydrogen) atoms. The molecule has 1 heterocycles. The Kier molecular flexibility index (Phi) is 6.17. The molecule has 0 spiro atoms. The van der Waals surface area contributed by atoms with Crippen molar-refractivity contribution in [1.29, 1.82) is 5.26 Å². The lowest BCUT2D eigenvalue weighted by molar-refractivity contribution is 0.328. The maximum atomic E-state index is 12.5. The Morgan fingerprint density at radius 2 is 2.14 bits per heavy atom. The SMILES string of the molecule is Cc1ccc(C#N)cc1S(=O)(=O)NC1CCNCC1C.Cl. The quantitative estimate of drug-likeness (QED) is 0.881. The second-order valence-electron chi connectivity index (χ2n) is 5.29. The van der Waals surface area contributed by atoms with Crippen LogP contribution in [-0.2, 0) is 10.0 Å². The molecule has 1 aliphatic rings. The minimum atomic E-state index is -3.58. The van der Waals surface area contributed by atoms with Gasteiger partial charge < -0.3 is 5.32 Å². The molecule has 2 unspecified atom stereocenters. The van der Waals surface area contributed by atoms with Crippen LogP contribution in [0.25, 0.3) is 0 Å². The summed E-state index contributed by atoms with van der Waals surface area (Å²) < 4.78 is 27.8. The van der Waals surface area contributed by atoms with Crippen molar-refractivity contribution in [2.45, 2.75) is 31.2 Å². The van der Waals surface area contributed by atoms with Gasteiger partial charge in [0.15, 0.2) is 0 Å². The van der Waals surface area contributed by atoms with Crippen LogP contribution in [-0.4, -0.2) is 27.5 Å². The van der Waals surface area contributed by atoms with Crippen molar-refractivity contribution in [1.82, 2.24) is 10.0 Å². The number of hydrogen-bond donors (Lipinski definition) is 2. The van der Waals surface area contributed by atoms with E-state index in [0.717, 1.165) is 19.5 Å². The fourth-order valence-electron chi connectivity index (χ4n) is 2.41. The first kappa shape index (κ1) is 17.9. The van der Waals surface area contributed by atoms with Gasteiger partial charge in [-0.2, -0.15) is 5.26 Å². The van der Waals surface area contributed by atoms with Crippen LogP contribution in [0, 0.1) is 24.2 Å². The first-order chi connectivity index (χ1) is 9.44. The number of hydrogen-bond acceptors (Lipinski definition) is 4. The highest BCUT2D eigenvalue weighted by molar-refractivity contribution is 7.89. The summed E-state index contributed by atoms with van der Waals surface area (Å²) in [6.07, 6.45) is 0.775. The van der Waals surface area contributed by atoms with Crippen molar-refractivity contribution in [3.8, 4) is 6.07 Å². The molecule has 1 aromatic rings. The molecule has 1 fully saturated rings. The summed E-state index contributed by atoms with van der Waals surface area (Å²) >= 11 is 0. The number of nitrogens with zero attached hydrogens (tertiary/aromatic N) is 1. The molecule has 0 saturated carbocycles. The average Bonchev–Trinajstić information content (AvgIpc) is 2.41. The van der Waals surface area contributed by atoms with Gasteiger partial charge in [0.05, 0.1) is 16.5 Å². The van der Waals surface area contributed by atoms with E-state index in [1.54, 1.807) is 19.1 Å². The van der Waals surface area contributed by atoms with E-state index >= 15 is 0 Å². The van der Waals surface area contributed by atoms with E-state index in [-0.39, 0.29) is 29.3 Å². The predicted octanol–water partition coefficient (Wildman–Crippen LogP) is 1.56. The summed E-state index contributed by atoms with van der Waals surface area (Å²) in [5.74, 6) is 0.248. The van der Waals surface area contributed by atoms with E-state index in [2.05, 4.69) is 10.0 Å². The summed E-state index contributed by atoms with van der Waals surface area (Å²) in [4.78, 5) is 0.197. The van der Waals surface area contributed by atoms with Crippen molar-refractivity contribution in [3.05, 3.63) is 29.3 Å². The van der Waals surface area contributed by atoms with Crippen molar-refractivity contribution >= 4 is 22.4 Å². The molecule has 116 valence electrons. The van der Waals surface area contributed by atoms with Crippen LogP contribution in [0.5, 0.6) is 0 Å². The molecule has 0 bridgehead atoms. The van der Waals surface area contributed by atoms with Crippen LogP contribution in [0.1, 0.15) is 24.5 Å². The molecule has 0 aliphatic carbocycles. The fraction of sp³-hybridized carbons (Fsp3) is 0.500. The Morgan fingerprint density at radius 1 is 1.43 bits per heavy atom. The number of nitriles is 1. The predicted molar refractivity (Wildman–Crippen MR) is 83.9 cm³/mol. The molecule has 1 aliphatic heterocycles. The highest BCUT2D eigenvalue weighted by Crippen LogP contribution is 2.19. The first-order valence-electron chi connectivity index (χ1n) is 6.68. The molecule has 2 atom stereocenters. The van der Waals surface area contributed by atoms with Crippen LogP contribution < -0.4 is 10.0 Å². The maximum Gasteiger partial charge on any atom is 0.241 e. The summed E-state index contributed by atoms with van der Waals surface area (Å²) in [7, 11) is -3.58. The molecular weight excluding hydrogens is 310 g/mol. The molecule has 2 N–H and O–H groups in total. The molecule has 1 saturated heterocycles. The number of rotatable bonds is 3. The van der Waals surface area contributed by atoms with Crippen molar-refractivity contribution in [3.63, 3.8) is 0 Å². The molecule has 7 heteroatoms. The summed E-state index contributed by atoms with van der Waals surface area (Å²) in [5, 5.41) is 12.2. The topological polar surface area (TPSA) is 82.0 Å². The number of benzene rings is 1. The zero-order valence-corrected chi connectivity index (χ0v) is 13.7. The second kappa shape index (κ2) is 7.23. The first-order valence-corrected chi connectivity index (χ1v) is 8.16. The molecule has 0 amide bonds. The highest BCUT2D eigenvalue weighted by Gasteiger charge is 2.27. The van der Waals surface area contributed by atoms with Gasteiger partial charge >= 0.3 is 0 Å². The largest absolute Gasteiger partial charge is 0.316 e. The second-order valence-corrected chi connectivity index (χ2v) is 6.97. The fourth-order valence-corrected chi connectivity index (χ4v) is 4.06. The maximum absolute atomic E-state index is 12.5. The van der Waals surface area contributed by atoms with Gasteiger partial charge in [0.2, 0.25) is 10.0 Å². The smallest absolute Gasteiger partial charge is 0.241 e. The lowest BCUT2D eigenvalue weighted by atomic mass is 9.97. The van der Waals surface area contributed by atoms with Gasteiger partial charge in [0.25, 0.3) is 0 Å². The van der Waals surface area contributed by atoms with E-state index in [0.29, 0.717) is 11.1 Å². The van der Waals surface area contributed by atoms with Gasteiger partial charge in [-0.15, -0.1) is 12.4 Å². The molecule has 0 radical (unpaired) electrons. The van der Waals surface area contributed by atoms with Gasteiger partial charge in [0.1, 0.15) is 0 Å². The van der Waals surface area contributed by atoms with Gasteiger partial charge in [-0.25, -0.2) is 13.1 Å². The standard InChI is InChI=1S/C14H19N3O2S.ClH/c1-10-3-4-12(8-15)7-14(10)20(18,19)17-13-5-6-16-9-11(13)2;/h3-4,7,11,13,16-17H,5-6,9H2,1-2H3;1H. The Hall–Kier alpha value is -1.13. The Labute approximate surface area is 132 Å². The Morgan fingerprint density at radius 3 is 2.76 bits per heavy atom. The number of piperidine rings is 1. The molecule has 5 nitrogen and oxygen atoms in total. The van der Waals surface area contributed by atoms with Crippen molar-refractivity contribution in [2.75, 3.05) is 13.1 Å². The number of sulfonamides is 1. The molecule has 0 aromatic heterocycles. The average molecular weight is 330 g/mol. The zero-order valence-electron chi connectivity index (χ0n) is 12.1. The summed E-state index contributed by atoms with van der Waals surface area (Å²) in [6.45, 7) is 5.39. The number of nitrogens with one attached hydrogen (secondary N) is 2. The van der Waals surface area contributed by atoms with Crippen LogP contribution in [0.2, 0.25) is 0 Å². The van der Waals surface area contributed by atoms with Gasteiger partial charge in [-0.1, -0.05) is 13.0 Å². The molecular formula is C14H20ClN3O2S. The van der Waals surface area contributed by atoms with Crippen LogP contribution >= 0.6 is 12.4 Å². The van der Waals surface area contributed by atoms with Crippen LogP contribution in [0.4, 0.5) is 0 Å². The zero-order chi connectivity index (χ0) is 14.8. The Balaban J connectivity index is 0.00000220. The van der Waals surface area contributed by atoms with Crippen molar-refractivity contribution in [2.24, 2.45) is 5.92 Å². The summed E-state index contributed by atoms with van der Waals surface area (Å²) in [6, 6.07) is 6.64.